The number of hydrogen-bond donors (Lipinski definition) is 1. The Morgan fingerprint density at radius 3 is 2.64 bits per heavy atom. The quantitative estimate of drug-likeness (QED) is 0.366. The molecule has 33 heavy (non-hydrogen) atoms. The Balaban J connectivity index is 1.65. The van der Waals surface area contributed by atoms with Gasteiger partial charge in [-0.15, -0.1) is 0 Å². The number of nitro groups is 1. The number of rotatable bonds is 6. The van der Waals surface area contributed by atoms with Gasteiger partial charge in [0.2, 0.25) is 16.8 Å². The van der Waals surface area contributed by atoms with Gasteiger partial charge in [0.15, 0.2) is 11.5 Å². The van der Waals surface area contributed by atoms with Crippen LogP contribution in [0, 0.1) is 10.1 Å². The molecule has 2 aliphatic heterocycles. The predicted octanol–water partition coefficient (Wildman–Crippen LogP) is 3.22. The van der Waals surface area contributed by atoms with Gasteiger partial charge in [0.25, 0.3) is 5.69 Å². The minimum Gasteiger partial charge on any atom is -0.454 e. The zero-order valence-electron chi connectivity index (χ0n) is 17.7. The van der Waals surface area contributed by atoms with Crippen LogP contribution in [-0.2, 0) is 14.8 Å². The molecule has 13 heteroatoms. The van der Waals surface area contributed by atoms with Gasteiger partial charge in [-0.1, -0.05) is 11.6 Å². The Morgan fingerprint density at radius 2 is 1.94 bits per heavy atom. The topological polar surface area (TPSA) is 133 Å². The fourth-order valence-electron chi connectivity index (χ4n) is 3.62. The van der Waals surface area contributed by atoms with Crippen LogP contribution in [0.5, 0.6) is 11.5 Å². The molecule has 1 fully saturated rings. The van der Waals surface area contributed by atoms with Gasteiger partial charge in [0, 0.05) is 30.8 Å². The Morgan fingerprint density at radius 1 is 1.21 bits per heavy atom. The fourth-order valence-corrected chi connectivity index (χ4v) is 5.63. The fraction of sp³-hybridized carbons (Fsp3) is 0.350. The van der Waals surface area contributed by atoms with Crippen molar-refractivity contribution in [2.75, 3.05) is 25.3 Å². The van der Waals surface area contributed by atoms with Crippen molar-refractivity contribution in [1.29, 1.82) is 0 Å². The van der Waals surface area contributed by atoms with Gasteiger partial charge in [0.1, 0.15) is 4.90 Å². The summed E-state index contributed by atoms with van der Waals surface area (Å²) in [5.74, 6) is 0.914. The third-order valence-corrected chi connectivity index (χ3v) is 7.34. The van der Waals surface area contributed by atoms with Crippen LogP contribution in [0.25, 0.3) is 0 Å². The minimum atomic E-state index is -4.08. The molecule has 1 saturated heterocycles. The normalized spacial score (nSPS) is 20.8. The number of fused-ring (bicyclic) bond motifs is 1. The largest absolute Gasteiger partial charge is 0.454 e. The standard InChI is InChI=1S/C20H21ClN4O7S/c1-12-9-24(10-13(2)32-12)33(28,29)18-7-15(25(26)27)4-5-16(18)23-22-8-14-3-6-17-20(19(14)21)31-11-30-17/h3-8,12-13,23H,9-11H2,1-2H3/b22-8-/t12-,13-/m0/s1. The SMILES string of the molecule is C[C@H]1CN(S(=O)(=O)c2cc([N+](=O)[O-])ccc2N/N=C\c2ccc3c(c2Cl)OCO3)C[C@H](C)O1. The zero-order valence-corrected chi connectivity index (χ0v) is 19.3. The van der Waals surface area contributed by atoms with E-state index in [1.54, 1.807) is 26.0 Å². The number of hydrazone groups is 1. The summed E-state index contributed by atoms with van der Waals surface area (Å²) >= 11 is 6.31. The van der Waals surface area contributed by atoms with Crippen LogP contribution in [0.3, 0.4) is 0 Å². The second-order valence-corrected chi connectivity index (χ2v) is 9.87. The number of nitro benzene ring substituents is 1. The van der Waals surface area contributed by atoms with Gasteiger partial charge in [-0.3, -0.25) is 15.5 Å². The third-order valence-electron chi connectivity index (χ3n) is 5.08. The zero-order chi connectivity index (χ0) is 23.8. The Labute approximate surface area is 195 Å². The lowest BCUT2D eigenvalue weighted by molar-refractivity contribution is -0.385. The smallest absolute Gasteiger partial charge is 0.270 e. The monoisotopic (exact) mass is 496 g/mol. The Hall–Kier alpha value is -2.93. The van der Waals surface area contributed by atoms with E-state index in [9.17, 15) is 18.5 Å². The van der Waals surface area contributed by atoms with E-state index >= 15 is 0 Å². The molecule has 4 rings (SSSR count). The minimum absolute atomic E-state index is 0.0662. The van der Waals surface area contributed by atoms with Crippen LogP contribution < -0.4 is 14.9 Å². The summed E-state index contributed by atoms with van der Waals surface area (Å²) in [4.78, 5) is 10.4. The molecule has 0 saturated carbocycles. The average Bonchev–Trinajstić information content (AvgIpc) is 3.24. The van der Waals surface area contributed by atoms with Crippen LogP contribution in [-0.4, -0.2) is 56.0 Å². The Bertz CT molecular complexity index is 1210. The lowest BCUT2D eigenvalue weighted by Gasteiger charge is -2.34. The molecule has 0 unspecified atom stereocenters. The van der Waals surface area contributed by atoms with E-state index in [2.05, 4.69) is 10.5 Å². The van der Waals surface area contributed by atoms with Crippen molar-refractivity contribution >= 4 is 39.2 Å². The number of anilines is 1. The molecular weight excluding hydrogens is 476 g/mol. The molecule has 11 nitrogen and oxygen atoms in total. The number of benzene rings is 2. The maximum Gasteiger partial charge on any atom is 0.270 e. The first kappa shape index (κ1) is 23.2. The molecule has 0 bridgehead atoms. The molecule has 2 aromatic rings. The lowest BCUT2D eigenvalue weighted by Crippen LogP contribution is -2.48. The number of hydrogen-bond acceptors (Lipinski definition) is 9. The highest BCUT2D eigenvalue weighted by molar-refractivity contribution is 7.89. The first-order valence-electron chi connectivity index (χ1n) is 9.98. The Kier molecular flexibility index (Phi) is 6.43. The summed E-state index contributed by atoms with van der Waals surface area (Å²) in [6.45, 7) is 3.86. The second-order valence-electron chi connectivity index (χ2n) is 7.59. The van der Waals surface area contributed by atoms with Gasteiger partial charge >= 0.3 is 0 Å². The first-order chi connectivity index (χ1) is 15.7. The van der Waals surface area contributed by atoms with E-state index in [-0.39, 0.29) is 48.4 Å². The van der Waals surface area contributed by atoms with Gasteiger partial charge < -0.3 is 14.2 Å². The number of nitrogens with one attached hydrogen (secondary N) is 1. The maximum absolute atomic E-state index is 13.4. The van der Waals surface area contributed by atoms with Crippen LogP contribution in [0.1, 0.15) is 19.4 Å². The molecule has 2 aliphatic rings. The first-order valence-corrected chi connectivity index (χ1v) is 11.8. The molecule has 0 aromatic heterocycles. The highest BCUT2D eigenvalue weighted by Crippen LogP contribution is 2.40. The number of halogens is 1. The predicted molar refractivity (Wildman–Crippen MR) is 121 cm³/mol. The molecule has 2 atom stereocenters. The maximum atomic E-state index is 13.4. The van der Waals surface area contributed by atoms with E-state index < -0.39 is 14.9 Å². The number of non-ortho nitro benzene ring substituents is 1. The van der Waals surface area contributed by atoms with E-state index in [0.717, 1.165) is 6.07 Å². The average molecular weight is 497 g/mol. The number of morpholine rings is 1. The summed E-state index contributed by atoms with van der Waals surface area (Å²) in [5.41, 5.74) is 2.91. The molecule has 2 aromatic carbocycles. The number of sulfonamides is 1. The van der Waals surface area contributed by atoms with E-state index in [4.69, 9.17) is 25.8 Å². The third kappa shape index (κ3) is 4.74. The van der Waals surface area contributed by atoms with Crippen molar-refractivity contribution in [3.05, 3.63) is 51.0 Å². The molecule has 0 radical (unpaired) electrons. The van der Waals surface area contributed by atoms with E-state index in [0.29, 0.717) is 22.1 Å². The van der Waals surface area contributed by atoms with Gasteiger partial charge in [0.05, 0.1) is 34.1 Å². The van der Waals surface area contributed by atoms with E-state index in [1.807, 2.05) is 0 Å². The van der Waals surface area contributed by atoms with Gasteiger partial charge in [-0.25, -0.2) is 8.42 Å². The summed E-state index contributed by atoms with van der Waals surface area (Å²) in [6.07, 6.45) is 0.760. The summed E-state index contributed by atoms with van der Waals surface area (Å²) in [7, 11) is -4.08. The molecular formula is C20H21ClN4O7S. The molecule has 0 amide bonds. The van der Waals surface area contributed by atoms with Crippen LogP contribution in [0.2, 0.25) is 5.02 Å². The molecule has 1 N–H and O–H groups in total. The lowest BCUT2D eigenvalue weighted by atomic mass is 10.2. The molecule has 2 heterocycles. The summed E-state index contributed by atoms with van der Waals surface area (Å²) in [5, 5.41) is 15.7. The van der Waals surface area contributed by atoms with Crippen LogP contribution in [0.15, 0.2) is 40.3 Å². The highest BCUT2D eigenvalue weighted by Gasteiger charge is 2.34. The van der Waals surface area contributed by atoms with Crippen molar-refractivity contribution in [2.24, 2.45) is 5.10 Å². The molecule has 0 aliphatic carbocycles. The van der Waals surface area contributed by atoms with Crippen molar-refractivity contribution in [3.8, 4) is 11.5 Å². The number of nitrogens with zero attached hydrogens (tertiary/aromatic N) is 3. The van der Waals surface area contributed by atoms with E-state index in [1.165, 1.54) is 22.7 Å². The molecule has 176 valence electrons. The highest BCUT2D eigenvalue weighted by atomic mass is 35.5. The van der Waals surface area contributed by atoms with Crippen molar-refractivity contribution in [1.82, 2.24) is 4.31 Å². The van der Waals surface area contributed by atoms with Crippen molar-refractivity contribution < 1.29 is 27.6 Å². The molecule has 0 spiro atoms. The second kappa shape index (κ2) is 9.14. The summed E-state index contributed by atoms with van der Waals surface area (Å²) < 4.78 is 44.2. The van der Waals surface area contributed by atoms with Gasteiger partial charge in [-0.2, -0.15) is 9.41 Å². The van der Waals surface area contributed by atoms with Crippen molar-refractivity contribution in [3.63, 3.8) is 0 Å². The summed E-state index contributed by atoms with van der Waals surface area (Å²) in [6, 6.07) is 6.88. The van der Waals surface area contributed by atoms with Crippen molar-refractivity contribution in [2.45, 2.75) is 31.0 Å². The van der Waals surface area contributed by atoms with Crippen LogP contribution in [0.4, 0.5) is 11.4 Å². The van der Waals surface area contributed by atoms with Crippen LogP contribution >= 0.6 is 11.6 Å². The van der Waals surface area contributed by atoms with Gasteiger partial charge in [-0.05, 0) is 32.0 Å². The number of ether oxygens (including phenoxy) is 3.